The Hall–Kier alpha value is -1.66. The van der Waals surface area contributed by atoms with Crippen molar-refractivity contribution in [3.63, 3.8) is 0 Å². The second-order valence-electron chi connectivity index (χ2n) is 6.51. The molecular weight excluding hydrogens is 294 g/mol. The fourth-order valence-corrected chi connectivity index (χ4v) is 3.45. The number of nitrogens with zero attached hydrogens (tertiary/aromatic N) is 1. The normalized spacial score (nSPS) is 27.7. The van der Waals surface area contributed by atoms with E-state index in [0.717, 1.165) is 43.9 Å². The maximum absolute atomic E-state index is 12.7. The van der Waals surface area contributed by atoms with Crippen LogP contribution in [0.1, 0.15) is 36.6 Å². The van der Waals surface area contributed by atoms with Crippen molar-refractivity contribution in [3.05, 3.63) is 30.2 Å². The van der Waals surface area contributed by atoms with Crippen LogP contribution in [0.3, 0.4) is 0 Å². The molecule has 126 valence electrons. The molecule has 1 aromatic rings. The standard InChI is InChI=1S/C17H25N3O3/c1-2-6-19-16(21)17(5-3-7-18-12-17)10-14-9-15(20-23-14)13-4-8-22-11-13/h2,9,13,18H,1,3-8,10-12H2,(H,19,21)/t13-,17-/m0/s1. The molecule has 1 amide bonds. The Morgan fingerprint density at radius 3 is 3.22 bits per heavy atom. The smallest absolute Gasteiger partial charge is 0.228 e. The van der Waals surface area contributed by atoms with E-state index in [0.29, 0.717) is 32.0 Å². The third-order valence-corrected chi connectivity index (χ3v) is 4.80. The first-order chi connectivity index (χ1) is 11.2. The zero-order chi connectivity index (χ0) is 16.1. The van der Waals surface area contributed by atoms with Crippen molar-refractivity contribution >= 4 is 5.91 Å². The highest BCUT2D eigenvalue weighted by Gasteiger charge is 2.40. The summed E-state index contributed by atoms with van der Waals surface area (Å²) in [5.41, 5.74) is 0.479. The van der Waals surface area contributed by atoms with Crippen molar-refractivity contribution in [2.75, 3.05) is 32.8 Å². The number of rotatable bonds is 6. The fourth-order valence-electron chi connectivity index (χ4n) is 3.45. The summed E-state index contributed by atoms with van der Waals surface area (Å²) in [5.74, 6) is 1.17. The van der Waals surface area contributed by atoms with Gasteiger partial charge in [0.05, 0.1) is 17.7 Å². The highest BCUT2D eigenvalue weighted by atomic mass is 16.5. The fraction of sp³-hybridized carbons (Fsp3) is 0.647. The number of aromatic nitrogens is 1. The molecule has 3 heterocycles. The molecular formula is C17H25N3O3. The molecule has 0 radical (unpaired) electrons. The third-order valence-electron chi connectivity index (χ3n) is 4.80. The van der Waals surface area contributed by atoms with Gasteiger partial charge in [0, 0.05) is 38.1 Å². The number of piperidine rings is 1. The molecule has 3 rings (SSSR count). The predicted molar refractivity (Wildman–Crippen MR) is 86.1 cm³/mol. The maximum Gasteiger partial charge on any atom is 0.228 e. The first kappa shape index (κ1) is 16.2. The summed E-state index contributed by atoms with van der Waals surface area (Å²) < 4.78 is 10.9. The van der Waals surface area contributed by atoms with Crippen LogP contribution in [-0.4, -0.2) is 43.9 Å². The van der Waals surface area contributed by atoms with Crippen LogP contribution in [0.5, 0.6) is 0 Å². The minimum Gasteiger partial charge on any atom is -0.381 e. The molecule has 23 heavy (non-hydrogen) atoms. The van der Waals surface area contributed by atoms with Crippen LogP contribution >= 0.6 is 0 Å². The Morgan fingerprint density at radius 2 is 2.52 bits per heavy atom. The lowest BCUT2D eigenvalue weighted by Crippen LogP contribution is -2.51. The van der Waals surface area contributed by atoms with E-state index in [1.165, 1.54) is 0 Å². The zero-order valence-corrected chi connectivity index (χ0v) is 13.5. The Balaban J connectivity index is 1.72. The van der Waals surface area contributed by atoms with Gasteiger partial charge in [0.15, 0.2) is 0 Å². The maximum atomic E-state index is 12.7. The van der Waals surface area contributed by atoms with Crippen LogP contribution in [0.25, 0.3) is 0 Å². The van der Waals surface area contributed by atoms with Crippen LogP contribution in [0.15, 0.2) is 23.2 Å². The van der Waals surface area contributed by atoms with E-state index < -0.39 is 5.41 Å². The molecule has 0 bridgehead atoms. The van der Waals surface area contributed by atoms with Gasteiger partial charge in [0.25, 0.3) is 0 Å². The summed E-state index contributed by atoms with van der Waals surface area (Å²) in [6, 6.07) is 2.00. The second kappa shape index (κ2) is 7.27. The molecule has 2 N–H and O–H groups in total. The van der Waals surface area contributed by atoms with Gasteiger partial charge < -0.3 is 19.9 Å². The second-order valence-corrected chi connectivity index (χ2v) is 6.51. The molecule has 2 saturated heterocycles. The number of hydrogen-bond donors (Lipinski definition) is 2. The first-order valence-corrected chi connectivity index (χ1v) is 8.37. The highest BCUT2D eigenvalue weighted by Crippen LogP contribution is 2.33. The van der Waals surface area contributed by atoms with Gasteiger partial charge in [-0.2, -0.15) is 0 Å². The molecule has 2 atom stereocenters. The molecule has 1 aromatic heterocycles. The molecule has 2 aliphatic heterocycles. The number of hydrogen-bond acceptors (Lipinski definition) is 5. The number of ether oxygens (including phenoxy) is 1. The predicted octanol–water partition coefficient (Wildman–Crippen LogP) is 1.39. The molecule has 0 spiro atoms. The molecule has 2 fully saturated rings. The van der Waals surface area contributed by atoms with E-state index in [4.69, 9.17) is 9.26 Å². The number of carbonyl (C=O) groups excluding carboxylic acids is 1. The largest absolute Gasteiger partial charge is 0.381 e. The summed E-state index contributed by atoms with van der Waals surface area (Å²) in [7, 11) is 0. The zero-order valence-electron chi connectivity index (χ0n) is 13.5. The summed E-state index contributed by atoms with van der Waals surface area (Å²) >= 11 is 0. The van der Waals surface area contributed by atoms with Gasteiger partial charge >= 0.3 is 0 Å². The Bertz CT molecular complexity index is 543. The first-order valence-electron chi connectivity index (χ1n) is 8.37. The monoisotopic (exact) mass is 319 g/mol. The van der Waals surface area contributed by atoms with E-state index in [-0.39, 0.29) is 5.91 Å². The molecule has 6 heteroatoms. The van der Waals surface area contributed by atoms with Gasteiger partial charge in [-0.25, -0.2) is 0 Å². The van der Waals surface area contributed by atoms with Gasteiger partial charge in [-0.1, -0.05) is 11.2 Å². The van der Waals surface area contributed by atoms with Crippen molar-refractivity contribution < 1.29 is 14.1 Å². The molecule has 0 saturated carbocycles. The Kier molecular flexibility index (Phi) is 5.13. The lowest BCUT2D eigenvalue weighted by Gasteiger charge is -2.35. The van der Waals surface area contributed by atoms with Gasteiger partial charge in [0.2, 0.25) is 5.91 Å². The van der Waals surface area contributed by atoms with Crippen molar-refractivity contribution in [3.8, 4) is 0 Å². The number of amides is 1. The van der Waals surface area contributed by atoms with E-state index >= 15 is 0 Å². The average Bonchev–Trinajstić information content (AvgIpc) is 3.24. The number of carbonyl (C=O) groups is 1. The lowest BCUT2D eigenvalue weighted by atomic mass is 9.76. The van der Waals surface area contributed by atoms with Crippen LogP contribution in [-0.2, 0) is 16.0 Å². The Labute approximate surface area is 136 Å². The van der Waals surface area contributed by atoms with Crippen molar-refractivity contribution in [1.82, 2.24) is 15.8 Å². The van der Waals surface area contributed by atoms with Crippen LogP contribution in [0, 0.1) is 5.41 Å². The van der Waals surface area contributed by atoms with Crippen LogP contribution in [0.4, 0.5) is 0 Å². The highest BCUT2D eigenvalue weighted by molar-refractivity contribution is 5.83. The SMILES string of the molecule is C=CCNC(=O)[C@]1(Cc2cc([C@H]3CCOC3)no2)CCCNC1. The molecule has 0 unspecified atom stereocenters. The van der Waals surface area contributed by atoms with E-state index in [2.05, 4.69) is 22.4 Å². The van der Waals surface area contributed by atoms with Gasteiger partial charge in [0.1, 0.15) is 5.76 Å². The van der Waals surface area contributed by atoms with Crippen molar-refractivity contribution in [2.24, 2.45) is 5.41 Å². The topological polar surface area (TPSA) is 76.4 Å². The molecule has 0 aromatic carbocycles. The third kappa shape index (κ3) is 3.64. The minimum absolute atomic E-state index is 0.0618. The van der Waals surface area contributed by atoms with Crippen LogP contribution < -0.4 is 10.6 Å². The van der Waals surface area contributed by atoms with Crippen LogP contribution in [0.2, 0.25) is 0 Å². The summed E-state index contributed by atoms with van der Waals surface area (Å²) in [5, 5.41) is 10.5. The van der Waals surface area contributed by atoms with Gasteiger partial charge in [-0.05, 0) is 25.8 Å². The van der Waals surface area contributed by atoms with E-state index in [1.807, 2.05) is 6.07 Å². The van der Waals surface area contributed by atoms with E-state index in [1.54, 1.807) is 6.08 Å². The summed E-state index contributed by atoms with van der Waals surface area (Å²) in [6.45, 7) is 7.26. The molecule has 0 aliphatic carbocycles. The average molecular weight is 319 g/mol. The van der Waals surface area contributed by atoms with Crippen molar-refractivity contribution in [1.29, 1.82) is 0 Å². The van der Waals surface area contributed by atoms with Crippen molar-refractivity contribution in [2.45, 2.75) is 31.6 Å². The molecule has 2 aliphatic rings. The van der Waals surface area contributed by atoms with Gasteiger partial charge in [-0.15, -0.1) is 6.58 Å². The van der Waals surface area contributed by atoms with E-state index in [9.17, 15) is 4.79 Å². The Morgan fingerprint density at radius 1 is 1.61 bits per heavy atom. The molecule has 6 nitrogen and oxygen atoms in total. The number of nitrogens with one attached hydrogen (secondary N) is 2. The quantitative estimate of drug-likeness (QED) is 0.775. The summed E-state index contributed by atoms with van der Waals surface area (Å²) in [6.07, 6.45) is 5.10. The lowest BCUT2D eigenvalue weighted by molar-refractivity contribution is -0.132. The minimum atomic E-state index is -0.468. The van der Waals surface area contributed by atoms with Gasteiger partial charge in [-0.3, -0.25) is 4.79 Å². The summed E-state index contributed by atoms with van der Waals surface area (Å²) in [4.78, 5) is 12.7.